The molecule has 0 radical (unpaired) electrons. The van der Waals surface area contributed by atoms with Crippen molar-refractivity contribution >= 4 is 0 Å². The second kappa shape index (κ2) is 5.30. The van der Waals surface area contributed by atoms with Gasteiger partial charge in [-0.05, 0) is 42.5 Å². The van der Waals surface area contributed by atoms with E-state index in [4.69, 9.17) is 0 Å². The summed E-state index contributed by atoms with van der Waals surface area (Å²) in [6.07, 6.45) is 17.9. The van der Waals surface area contributed by atoms with Crippen LogP contribution in [0.5, 0.6) is 0 Å². The monoisotopic (exact) mass is 197 g/mol. The Labute approximate surface area is 90.9 Å². The third-order valence-corrected chi connectivity index (χ3v) is 2.50. The Hall–Kier alpha value is -1.63. The fourth-order valence-electron chi connectivity index (χ4n) is 1.63. The summed E-state index contributed by atoms with van der Waals surface area (Å²) in [4.78, 5) is 4.02. The van der Waals surface area contributed by atoms with E-state index >= 15 is 0 Å². The van der Waals surface area contributed by atoms with Gasteiger partial charge in [0, 0.05) is 12.4 Å². The van der Waals surface area contributed by atoms with E-state index < -0.39 is 0 Å². The largest absolute Gasteiger partial charge is 0.265 e. The maximum absolute atomic E-state index is 4.02. The zero-order valence-electron chi connectivity index (χ0n) is 8.76. The average Bonchev–Trinajstić information content (AvgIpc) is 2.56. The summed E-state index contributed by atoms with van der Waals surface area (Å²) < 4.78 is 0. The van der Waals surface area contributed by atoms with Gasteiger partial charge in [-0.25, -0.2) is 0 Å². The second-order valence-corrected chi connectivity index (χ2v) is 3.66. The van der Waals surface area contributed by atoms with Gasteiger partial charge in [0.25, 0.3) is 0 Å². The highest BCUT2D eigenvalue weighted by Crippen LogP contribution is 2.12. The number of hydrogen-bond donors (Lipinski definition) is 0. The van der Waals surface area contributed by atoms with E-state index in [0.29, 0.717) is 0 Å². The van der Waals surface area contributed by atoms with Crippen molar-refractivity contribution in [3.8, 4) is 0 Å². The molecule has 1 nitrogen and oxygen atoms in total. The smallest absolute Gasteiger partial charge is 0.0270 e. The Morgan fingerprint density at radius 2 is 1.93 bits per heavy atom. The topological polar surface area (TPSA) is 12.9 Å². The van der Waals surface area contributed by atoms with Crippen molar-refractivity contribution < 1.29 is 0 Å². The Bertz CT molecular complexity index is 385. The molecule has 0 N–H and O–H groups in total. The van der Waals surface area contributed by atoms with Crippen LogP contribution >= 0.6 is 0 Å². The highest BCUT2D eigenvalue weighted by atomic mass is 14.6. The molecule has 0 saturated carbocycles. The molecule has 1 heterocycles. The maximum Gasteiger partial charge on any atom is 0.0270 e. The number of pyridine rings is 1. The first-order chi connectivity index (χ1) is 7.45. The molecule has 0 amide bonds. The van der Waals surface area contributed by atoms with Gasteiger partial charge in [-0.2, -0.15) is 0 Å². The van der Waals surface area contributed by atoms with E-state index in [1.807, 2.05) is 12.4 Å². The molecule has 0 atom stereocenters. The molecule has 0 fully saturated rings. The molecule has 0 unspecified atom stereocenters. The first kappa shape index (κ1) is 9.91. The van der Waals surface area contributed by atoms with Gasteiger partial charge in [0.1, 0.15) is 0 Å². The summed E-state index contributed by atoms with van der Waals surface area (Å²) in [5.74, 6) is 0. The van der Waals surface area contributed by atoms with Crippen molar-refractivity contribution in [3.63, 3.8) is 0 Å². The summed E-state index contributed by atoms with van der Waals surface area (Å²) in [6.45, 7) is 0. The van der Waals surface area contributed by atoms with Gasteiger partial charge in [-0.1, -0.05) is 30.4 Å². The predicted octanol–water partition coefficient (Wildman–Crippen LogP) is 3.46. The molecule has 0 aliphatic heterocycles. The lowest BCUT2D eigenvalue weighted by molar-refractivity contribution is 0.960. The molecule has 1 aromatic heterocycles. The van der Waals surface area contributed by atoms with Gasteiger partial charge in [0.15, 0.2) is 0 Å². The van der Waals surface area contributed by atoms with Crippen LogP contribution in [-0.4, -0.2) is 4.98 Å². The Balaban J connectivity index is 1.93. The number of allylic oxidation sites excluding steroid dienone is 6. The van der Waals surface area contributed by atoms with E-state index in [-0.39, 0.29) is 0 Å². The van der Waals surface area contributed by atoms with Crippen molar-refractivity contribution in [2.75, 3.05) is 0 Å². The molecule has 1 aliphatic rings. The highest BCUT2D eigenvalue weighted by Gasteiger charge is 1.96. The molecule has 76 valence electrons. The lowest BCUT2D eigenvalue weighted by atomic mass is 10.1. The van der Waals surface area contributed by atoms with Gasteiger partial charge < -0.3 is 0 Å². The molecule has 0 saturated heterocycles. The third kappa shape index (κ3) is 3.21. The van der Waals surface area contributed by atoms with Crippen LogP contribution in [0.4, 0.5) is 0 Å². The Morgan fingerprint density at radius 3 is 2.80 bits per heavy atom. The van der Waals surface area contributed by atoms with E-state index in [9.17, 15) is 0 Å². The van der Waals surface area contributed by atoms with Crippen LogP contribution in [0, 0.1) is 0 Å². The Kier molecular flexibility index (Phi) is 3.50. The molecule has 1 heteroatoms. The molecular weight excluding hydrogens is 182 g/mol. The summed E-state index contributed by atoms with van der Waals surface area (Å²) in [5, 5.41) is 0. The van der Waals surface area contributed by atoms with Gasteiger partial charge >= 0.3 is 0 Å². The number of aryl methyl sites for hydroxylation is 1. The SMILES string of the molecule is C1=CCC=CC(CCc2ccncc2)=C1. The molecule has 0 aromatic carbocycles. The van der Waals surface area contributed by atoms with Crippen molar-refractivity contribution in [1.82, 2.24) is 4.98 Å². The van der Waals surface area contributed by atoms with Gasteiger partial charge in [0.2, 0.25) is 0 Å². The van der Waals surface area contributed by atoms with Crippen LogP contribution in [0.25, 0.3) is 0 Å². The first-order valence-corrected chi connectivity index (χ1v) is 5.36. The zero-order valence-corrected chi connectivity index (χ0v) is 8.76. The number of rotatable bonds is 3. The first-order valence-electron chi connectivity index (χ1n) is 5.36. The minimum atomic E-state index is 1.05. The fourth-order valence-corrected chi connectivity index (χ4v) is 1.63. The molecule has 15 heavy (non-hydrogen) atoms. The van der Waals surface area contributed by atoms with Gasteiger partial charge in [-0.3, -0.25) is 4.98 Å². The molecule has 1 aliphatic carbocycles. The van der Waals surface area contributed by atoms with Crippen LogP contribution in [0.2, 0.25) is 0 Å². The van der Waals surface area contributed by atoms with E-state index in [2.05, 4.69) is 47.5 Å². The molecule has 1 aromatic rings. The van der Waals surface area contributed by atoms with E-state index in [1.54, 1.807) is 0 Å². The lowest BCUT2D eigenvalue weighted by Crippen LogP contribution is -1.87. The molecule has 0 bridgehead atoms. The minimum Gasteiger partial charge on any atom is -0.265 e. The maximum atomic E-state index is 4.02. The number of hydrogen-bond acceptors (Lipinski definition) is 1. The standard InChI is InChI=1S/C14H15N/c1-2-4-6-13(5-3-1)7-8-14-9-11-15-12-10-14/h1,3-6,9-12H,2,7-8H2. The van der Waals surface area contributed by atoms with Crippen molar-refractivity contribution in [2.24, 2.45) is 0 Å². The van der Waals surface area contributed by atoms with Crippen LogP contribution in [0.15, 0.2) is 60.5 Å². The lowest BCUT2D eigenvalue weighted by Gasteiger charge is -2.01. The third-order valence-electron chi connectivity index (χ3n) is 2.50. The summed E-state index contributed by atoms with van der Waals surface area (Å²) in [6, 6.07) is 4.16. The van der Waals surface area contributed by atoms with Crippen molar-refractivity contribution in [2.45, 2.75) is 19.3 Å². The average molecular weight is 197 g/mol. The summed E-state index contributed by atoms with van der Waals surface area (Å²) in [7, 11) is 0. The summed E-state index contributed by atoms with van der Waals surface area (Å²) >= 11 is 0. The zero-order chi connectivity index (χ0) is 10.3. The van der Waals surface area contributed by atoms with Crippen molar-refractivity contribution in [1.29, 1.82) is 0 Å². The normalized spacial score (nSPS) is 14.8. The van der Waals surface area contributed by atoms with E-state index in [0.717, 1.165) is 19.3 Å². The van der Waals surface area contributed by atoms with Crippen molar-refractivity contribution in [3.05, 3.63) is 66.0 Å². The van der Waals surface area contributed by atoms with Crippen LogP contribution < -0.4 is 0 Å². The second-order valence-electron chi connectivity index (χ2n) is 3.66. The van der Waals surface area contributed by atoms with E-state index in [1.165, 1.54) is 11.1 Å². The molecule has 2 rings (SSSR count). The quantitative estimate of drug-likeness (QED) is 0.723. The minimum absolute atomic E-state index is 1.05. The van der Waals surface area contributed by atoms with Crippen LogP contribution in [0.3, 0.4) is 0 Å². The summed E-state index contributed by atoms with van der Waals surface area (Å²) in [5.41, 5.74) is 2.76. The van der Waals surface area contributed by atoms with Crippen LogP contribution in [-0.2, 0) is 6.42 Å². The molecular formula is C14H15N. The van der Waals surface area contributed by atoms with Gasteiger partial charge in [0.05, 0.1) is 0 Å². The number of nitrogens with zero attached hydrogens (tertiary/aromatic N) is 1. The van der Waals surface area contributed by atoms with Crippen LogP contribution in [0.1, 0.15) is 18.4 Å². The van der Waals surface area contributed by atoms with Gasteiger partial charge in [-0.15, -0.1) is 0 Å². The fraction of sp³-hybridized carbons (Fsp3) is 0.214. The Morgan fingerprint density at radius 1 is 1.07 bits per heavy atom. The molecule has 0 spiro atoms. The highest BCUT2D eigenvalue weighted by molar-refractivity contribution is 5.28. The predicted molar refractivity (Wildman–Crippen MR) is 63.5 cm³/mol. The number of aromatic nitrogens is 1.